The summed E-state index contributed by atoms with van der Waals surface area (Å²) in [6, 6.07) is 15.8. The quantitative estimate of drug-likeness (QED) is 0.538. The minimum atomic E-state index is -0.304. The summed E-state index contributed by atoms with van der Waals surface area (Å²) < 4.78 is 8.53. The Kier molecular flexibility index (Phi) is 5.22. The first-order chi connectivity index (χ1) is 13.6. The van der Waals surface area contributed by atoms with Gasteiger partial charge < -0.3 is 10.1 Å². The highest BCUT2D eigenvalue weighted by Crippen LogP contribution is 2.41. The number of benzene rings is 2. The molecule has 144 valence electrons. The van der Waals surface area contributed by atoms with E-state index in [-0.39, 0.29) is 12.0 Å². The van der Waals surface area contributed by atoms with E-state index in [0.717, 1.165) is 45.6 Å². The minimum Gasteiger partial charge on any atom is -0.463 e. The number of carbonyl (C=O) groups excluding carboxylic acids is 1. The molecule has 1 N–H and O–H groups in total. The van der Waals surface area contributed by atoms with E-state index in [1.165, 1.54) is 0 Å². The van der Waals surface area contributed by atoms with Crippen LogP contribution in [0.4, 0.5) is 5.95 Å². The molecule has 6 heteroatoms. The number of aromatic nitrogens is 2. The molecule has 2 aromatic carbocycles. The molecule has 0 aliphatic carbocycles. The fraction of sp³-hybridized carbons (Fsp3) is 0.273. The molecule has 3 aromatic rings. The zero-order chi connectivity index (χ0) is 19.7. The third-order valence-electron chi connectivity index (χ3n) is 4.88. The number of rotatable bonds is 5. The predicted octanol–water partition coefficient (Wildman–Crippen LogP) is 5.43. The maximum atomic E-state index is 13.1. The summed E-state index contributed by atoms with van der Waals surface area (Å²) in [5.74, 6) is 0.467. The van der Waals surface area contributed by atoms with Gasteiger partial charge in [-0.3, -0.25) is 4.57 Å². The molecule has 0 saturated heterocycles. The molecule has 2 heterocycles. The summed E-state index contributed by atoms with van der Waals surface area (Å²) in [6.07, 6.45) is 1.67. The Morgan fingerprint density at radius 2 is 2.04 bits per heavy atom. The van der Waals surface area contributed by atoms with Gasteiger partial charge in [-0.1, -0.05) is 53.5 Å². The summed E-state index contributed by atoms with van der Waals surface area (Å²) in [6.45, 7) is 4.27. The molecule has 1 unspecified atom stereocenters. The van der Waals surface area contributed by atoms with E-state index in [2.05, 4.69) is 38.8 Å². The highest BCUT2D eigenvalue weighted by atomic mass is 79.9. The van der Waals surface area contributed by atoms with E-state index in [1.54, 1.807) is 0 Å². The van der Waals surface area contributed by atoms with Crippen LogP contribution in [0.1, 0.15) is 38.3 Å². The summed E-state index contributed by atoms with van der Waals surface area (Å²) in [7, 11) is 0. The third-order valence-corrected chi connectivity index (χ3v) is 5.37. The minimum absolute atomic E-state index is 0.285. The lowest BCUT2D eigenvalue weighted by Gasteiger charge is -2.31. The van der Waals surface area contributed by atoms with Gasteiger partial charge in [0.1, 0.15) is 0 Å². The highest BCUT2D eigenvalue weighted by Gasteiger charge is 2.35. The molecular weight excluding hydrogens is 418 g/mol. The highest BCUT2D eigenvalue weighted by molar-refractivity contribution is 9.10. The normalized spacial score (nSPS) is 16.0. The number of halogens is 1. The summed E-state index contributed by atoms with van der Waals surface area (Å²) >= 11 is 3.57. The maximum absolute atomic E-state index is 13.1. The van der Waals surface area contributed by atoms with Crippen LogP contribution in [0.3, 0.4) is 0 Å². The van der Waals surface area contributed by atoms with Crippen molar-refractivity contribution in [2.24, 2.45) is 0 Å². The molecule has 28 heavy (non-hydrogen) atoms. The molecule has 0 bridgehead atoms. The number of para-hydroxylation sites is 2. The third kappa shape index (κ3) is 3.22. The van der Waals surface area contributed by atoms with Crippen molar-refractivity contribution in [1.82, 2.24) is 9.55 Å². The number of ether oxygens (including phenoxy) is 1. The van der Waals surface area contributed by atoms with E-state index in [9.17, 15) is 4.79 Å². The van der Waals surface area contributed by atoms with Gasteiger partial charge in [-0.25, -0.2) is 9.78 Å². The molecule has 1 aromatic heterocycles. The average molecular weight is 440 g/mol. The number of hydrogen-bond acceptors (Lipinski definition) is 4. The van der Waals surface area contributed by atoms with Gasteiger partial charge in [0.25, 0.3) is 0 Å². The summed E-state index contributed by atoms with van der Waals surface area (Å²) in [5.41, 5.74) is 4.42. The Labute approximate surface area is 172 Å². The Morgan fingerprint density at radius 3 is 2.79 bits per heavy atom. The molecular formula is C22H22BrN3O2. The lowest BCUT2D eigenvalue weighted by Crippen LogP contribution is -2.29. The molecule has 1 aliphatic heterocycles. The number of fused-ring (bicyclic) bond motifs is 3. The Morgan fingerprint density at radius 1 is 1.21 bits per heavy atom. The molecule has 0 saturated carbocycles. The SMILES string of the molecule is CCCC1=C(C(=O)OCC)C(c2cccc(Br)c2)n2c(nc3ccccc32)N1. The van der Waals surface area contributed by atoms with E-state index in [4.69, 9.17) is 9.72 Å². The summed E-state index contributed by atoms with van der Waals surface area (Å²) in [5, 5.41) is 3.41. The number of nitrogens with one attached hydrogen (secondary N) is 1. The monoisotopic (exact) mass is 439 g/mol. The van der Waals surface area contributed by atoms with Crippen molar-refractivity contribution in [1.29, 1.82) is 0 Å². The van der Waals surface area contributed by atoms with Gasteiger partial charge >= 0.3 is 5.97 Å². The number of imidazole rings is 1. The average Bonchev–Trinajstić information content (AvgIpc) is 3.05. The number of nitrogens with zero attached hydrogens (tertiary/aromatic N) is 2. The van der Waals surface area contributed by atoms with Crippen molar-refractivity contribution in [3.8, 4) is 0 Å². The molecule has 0 radical (unpaired) electrons. The molecule has 1 aliphatic rings. The van der Waals surface area contributed by atoms with Crippen LogP contribution >= 0.6 is 15.9 Å². The van der Waals surface area contributed by atoms with Crippen LogP contribution in [0.5, 0.6) is 0 Å². The number of carbonyl (C=O) groups is 1. The van der Waals surface area contributed by atoms with Crippen LogP contribution < -0.4 is 5.32 Å². The van der Waals surface area contributed by atoms with Crippen LogP contribution in [0, 0.1) is 0 Å². The number of allylic oxidation sites excluding steroid dienone is 1. The van der Waals surface area contributed by atoms with Gasteiger partial charge in [-0.05, 0) is 43.2 Å². The fourth-order valence-corrected chi connectivity index (χ4v) is 4.19. The van der Waals surface area contributed by atoms with E-state index < -0.39 is 0 Å². The van der Waals surface area contributed by atoms with Crippen LogP contribution in [0.25, 0.3) is 11.0 Å². The smallest absolute Gasteiger partial charge is 0.338 e. The summed E-state index contributed by atoms with van der Waals surface area (Å²) in [4.78, 5) is 17.8. The first kappa shape index (κ1) is 18.7. The zero-order valence-electron chi connectivity index (χ0n) is 15.9. The first-order valence-corrected chi connectivity index (χ1v) is 10.3. The molecule has 5 nitrogen and oxygen atoms in total. The van der Waals surface area contributed by atoms with E-state index in [0.29, 0.717) is 12.2 Å². The van der Waals surface area contributed by atoms with Crippen molar-refractivity contribution in [2.75, 3.05) is 11.9 Å². The van der Waals surface area contributed by atoms with Gasteiger partial charge in [0.2, 0.25) is 5.95 Å². The van der Waals surface area contributed by atoms with Crippen molar-refractivity contribution in [3.05, 3.63) is 69.8 Å². The van der Waals surface area contributed by atoms with Gasteiger partial charge in [0.05, 0.1) is 29.3 Å². The number of hydrogen-bond donors (Lipinski definition) is 1. The number of esters is 1. The lowest BCUT2D eigenvalue weighted by atomic mass is 9.93. The largest absolute Gasteiger partial charge is 0.463 e. The predicted molar refractivity (Wildman–Crippen MR) is 114 cm³/mol. The van der Waals surface area contributed by atoms with E-state index >= 15 is 0 Å². The molecule has 0 fully saturated rings. The van der Waals surface area contributed by atoms with Crippen LogP contribution in [-0.2, 0) is 9.53 Å². The zero-order valence-corrected chi connectivity index (χ0v) is 17.5. The Hall–Kier alpha value is -2.60. The lowest BCUT2D eigenvalue weighted by molar-refractivity contribution is -0.139. The maximum Gasteiger partial charge on any atom is 0.338 e. The first-order valence-electron chi connectivity index (χ1n) is 9.53. The van der Waals surface area contributed by atoms with Crippen molar-refractivity contribution < 1.29 is 9.53 Å². The van der Waals surface area contributed by atoms with Crippen LogP contribution in [0.15, 0.2) is 64.3 Å². The second-order valence-electron chi connectivity index (χ2n) is 6.74. The molecule has 4 rings (SSSR count). The van der Waals surface area contributed by atoms with Crippen LogP contribution in [0.2, 0.25) is 0 Å². The Bertz CT molecular complexity index is 1070. The standard InChI is InChI=1S/C22H22BrN3O2/c1-3-8-17-19(21(27)28-4-2)20(14-9-7-10-15(23)13-14)26-18-12-6-5-11-16(18)24-22(26)25-17/h5-7,9-13,20H,3-4,8H2,1-2H3,(H,24,25). The fourth-order valence-electron chi connectivity index (χ4n) is 3.77. The van der Waals surface area contributed by atoms with Gasteiger partial charge in [-0.15, -0.1) is 0 Å². The van der Waals surface area contributed by atoms with Gasteiger partial charge in [-0.2, -0.15) is 0 Å². The topological polar surface area (TPSA) is 56.2 Å². The van der Waals surface area contributed by atoms with Gasteiger partial charge in [0, 0.05) is 10.2 Å². The molecule has 0 spiro atoms. The van der Waals surface area contributed by atoms with Crippen molar-refractivity contribution >= 4 is 38.9 Å². The molecule has 0 amide bonds. The van der Waals surface area contributed by atoms with Crippen molar-refractivity contribution in [3.63, 3.8) is 0 Å². The van der Waals surface area contributed by atoms with Crippen LogP contribution in [-0.4, -0.2) is 22.1 Å². The second kappa shape index (κ2) is 7.80. The Balaban J connectivity index is 2.00. The molecule has 1 atom stereocenters. The van der Waals surface area contributed by atoms with Crippen molar-refractivity contribution in [2.45, 2.75) is 32.7 Å². The second-order valence-corrected chi connectivity index (χ2v) is 7.66. The number of anilines is 1. The van der Waals surface area contributed by atoms with E-state index in [1.807, 2.05) is 49.4 Å². The van der Waals surface area contributed by atoms with Gasteiger partial charge in [0.15, 0.2) is 0 Å².